The smallest absolute Gasteiger partial charge is 0.302 e. The Bertz CT molecular complexity index is 428. The summed E-state index contributed by atoms with van der Waals surface area (Å²) in [4.78, 5) is 22.8. The molecule has 0 aliphatic heterocycles. The van der Waals surface area contributed by atoms with Gasteiger partial charge in [-0.05, 0) is 48.3 Å². The van der Waals surface area contributed by atoms with Crippen LogP contribution in [0.25, 0.3) is 0 Å². The van der Waals surface area contributed by atoms with E-state index in [0.29, 0.717) is 23.9 Å². The summed E-state index contributed by atoms with van der Waals surface area (Å²) in [5, 5.41) is 0. The fourth-order valence-corrected chi connectivity index (χ4v) is 5.54. The van der Waals surface area contributed by atoms with Crippen LogP contribution in [-0.4, -0.2) is 18.9 Å². The minimum Gasteiger partial charge on any atom is -0.466 e. The molecule has 2 saturated carbocycles. The molecule has 1 unspecified atom stereocenters. The van der Waals surface area contributed by atoms with E-state index >= 15 is 0 Å². The molecule has 4 atom stereocenters. The van der Waals surface area contributed by atoms with Crippen molar-refractivity contribution in [3.05, 3.63) is 0 Å². The van der Waals surface area contributed by atoms with E-state index in [2.05, 4.69) is 27.7 Å². The first-order valence-corrected chi connectivity index (χ1v) is 8.25. The molecule has 0 aromatic heterocycles. The van der Waals surface area contributed by atoms with E-state index in [0.717, 1.165) is 12.8 Å². The van der Waals surface area contributed by atoms with Crippen molar-refractivity contribution in [1.29, 1.82) is 0 Å². The Balaban J connectivity index is 2.26. The summed E-state index contributed by atoms with van der Waals surface area (Å²) in [6, 6.07) is 0. The Morgan fingerprint density at radius 1 is 1.24 bits per heavy atom. The van der Waals surface area contributed by atoms with Gasteiger partial charge in [-0.1, -0.05) is 34.1 Å². The number of fused-ring (bicyclic) bond motifs is 1. The zero-order valence-electron chi connectivity index (χ0n) is 14.2. The van der Waals surface area contributed by atoms with Gasteiger partial charge in [0.05, 0.1) is 6.61 Å². The van der Waals surface area contributed by atoms with Gasteiger partial charge in [0, 0.05) is 12.3 Å². The molecule has 0 radical (unpaired) electrons. The van der Waals surface area contributed by atoms with E-state index in [9.17, 15) is 9.59 Å². The van der Waals surface area contributed by atoms with Gasteiger partial charge in [0.25, 0.3) is 0 Å². The molecule has 0 amide bonds. The lowest BCUT2D eigenvalue weighted by Gasteiger charge is -2.50. The van der Waals surface area contributed by atoms with Gasteiger partial charge in [-0.15, -0.1) is 0 Å². The van der Waals surface area contributed by atoms with Crippen LogP contribution in [0.2, 0.25) is 0 Å². The van der Waals surface area contributed by atoms with Crippen molar-refractivity contribution in [3.8, 4) is 0 Å². The highest BCUT2D eigenvalue weighted by Crippen LogP contribution is 2.67. The van der Waals surface area contributed by atoms with Gasteiger partial charge < -0.3 is 9.53 Å². The Labute approximate surface area is 128 Å². The van der Waals surface area contributed by atoms with Crippen LogP contribution >= 0.6 is 0 Å². The van der Waals surface area contributed by atoms with Gasteiger partial charge in [-0.2, -0.15) is 0 Å². The molecular weight excluding hydrogens is 264 g/mol. The number of rotatable bonds is 4. The minimum atomic E-state index is -0.277. The second-order valence-electron chi connectivity index (χ2n) is 8.41. The molecule has 2 aliphatic rings. The molecule has 2 aliphatic carbocycles. The van der Waals surface area contributed by atoms with Gasteiger partial charge in [-0.3, -0.25) is 4.79 Å². The van der Waals surface area contributed by atoms with Crippen LogP contribution < -0.4 is 0 Å². The first kappa shape index (κ1) is 16.5. The normalized spacial score (nSPS) is 41.4. The van der Waals surface area contributed by atoms with Crippen molar-refractivity contribution in [2.24, 2.45) is 28.1 Å². The number of carbonyl (C=O) groups excluding carboxylic acids is 2. The number of hydrogen-bond acceptors (Lipinski definition) is 3. The van der Waals surface area contributed by atoms with Crippen molar-refractivity contribution in [2.75, 3.05) is 6.61 Å². The molecule has 0 spiro atoms. The van der Waals surface area contributed by atoms with Crippen molar-refractivity contribution in [2.45, 2.75) is 66.7 Å². The Hall–Kier alpha value is -0.860. The summed E-state index contributed by atoms with van der Waals surface area (Å²) >= 11 is 0. The van der Waals surface area contributed by atoms with E-state index < -0.39 is 0 Å². The molecule has 0 aromatic rings. The molecule has 2 fully saturated rings. The van der Waals surface area contributed by atoms with E-state index in [4.69, 9.17) is 4.74 Å². The predicted octanol–water partition coefficient (Wildman–Crippen LogP) is 4.00. The lowest BCUT2D eigenvalue weighted by molar-refractivity contribution is -0.142. The highest BCUT2D eigenvalue weighted by molar-refractivity contribution is 5.65. The fourth-order valence-electron chi connectivity index (χ4n) is 5.54. The van der Waals surface area contributed by atoms with Crippen molar-refractivity contribution < 1.29 is 14.3 Å². The van der Waals surface area contributed by atoms with E-state index in [-0.39, 0.29) is 16.8 Å². The Morgan fingerprint density at radius 2 is 1.90 bits per heavy atom. The van der Waals surface area contributed by atoms with E-state index in [1.807, 2.05) is 0 Å². The monoisotopic (exact) mass is 294 g/mol. The van der Waals surface area contributed by atoms with Crippen LogP contribution in [0.3, 0.4) is 0 Å². The van der Waals surface area contributed by atoms with Gasteiger partial charge >= 0.3 is 5.97 Å². The third kappa shape index (κ3) is 2.76. The lowest BCUT2D eigenvalue weighted by Crippen LogP contribution is -2.42. The molecule has 120 valence electrons. The highest BCUT2D eigenvalue weighted by Gasteiger charge is 2.61. The van der Waals surface area contributed by atoms with Crippen molar-refractivity contribution in [3.63, 3.8) is 0 Å². The maximum atomic E-state index is 11.8. The highest BCUT2D eigenvalue weighted by atomic mass is 16.5. The molecule has 0 saturated heterocycles. The third-order valence-electron chi connectivity index (χ3n) is 6.49. The van der Waals surface area contributed by atoms with E-state index in [1.54, 1.807) is 0 Å². The summed E-state index contributed by atoms with van der Waals surface area (Å²) in [7, 11) is 0. The number of carbonyl (C=O) groups is 2. The molecule has 3 nitrogen and oxygen atoms in total. The zero-order valence-corrected chi connectivity index (χ0v) is 14.2. The maximum absolute atomic E-state index is 11.8. The second kappa shape index (κ2) is 5.40. The summed E-state index contributed by atoms with van der Waals surface area (Å²) in [5.41, 5.74) is 0.214. The average molecular weight is 294 g/mol. The number of ether oxygens (including phenoxy) is 1. The number of aldehydes is 1. The molecular formula is C18H30O3. The van der Waals surface area contributed by atoms with Crippen LogP contribution in [0.1, 0.15) is 66.7 Å². The number of hydrogen-bond donors (Lipinski definition) is 0. The summed E-state index contributed by atoms with van der Waals surface area (Å²) in [6.45, 7) is 11.1. The average Bonchev–Trinajstić information content (AvgIpc) is 2.61. The quantitative estimate of drug-likeness (QED) is 0.581. The van der Waals surface area contributed by atoms with E-state index in [1.165, 1.54) is 32.5 Å². The molecule has 2 rings (SSSR count). The van der Waals surface area contributed by atoms with Gasteiger partial charge in [-0.25, -0.2) is 0 Å². The molecule has 0 heterocycles. The lowest BCUT2D eigenvalue weighted by atomic mass is 9.55. The Kier molecular flexibility index (Phi) is 4.25. The zero-order chi connectivity index (χ0) is 15.9. The first-order valence-electron chi connectivity index (χ1n) is 8.25. The van der Waals surface area contributed by atoms with Gasteiger partial charge in [0.15, 0.2) is 0 Å². The predicted molar refractivity (Wildman–Crippen MR) is 82.8 cm³/mol. The largest absolute Gasteiger partial charge is 0.466 e. The van der Waals surface area contributed by atoms with Crippen LogP contribution in [0.5, 0.6) is 0 Å². The summed E-state index contributed by atoms with van der Waals surface area (Å²) < 4.78 is 5.16. The molecule has 0 N–H and O–H groups in total. The topological polar surface area (TPSA) is 43.4 Å². The van der Waals surface area contributed by atoms with Gasteiger partial charge in [0.2, 0.25) is 0 Å². The fraction of sp³-hybridized carbons (Fsp3) is 0.889. The molecule has 3 heteroatoms. The van der Waals surface area contributed by atoms with Crippen LogP contribution in [0.4, 0.5) is 0 Å². The Morgan fingerprint density at radius 3 is 2.48 bits per heavy atom. The van der Waals surface area contributed by atoms with Crippen LogP contribution in [0.15, 0.2) is 0 Å². The summed E-state index contributed by atoms with van der Waals surface area (Å²) in [5.74, 6) is 0.661. The van der Waals surface area contributed by atoms with Gasteiger partial charge in [0.1, 0.15) is 6.29 Å². The van der Waals surface area contributed by atoms with Crippen molar-refractivity contribution in [1.82, 2.24) is 0 Å². The first-order chi connectivity index (χ1) is 9.66. The SMILES string of the molecule is CC(=O)OCC[C@H]1[C@@]2(C)CCCC(C)(C)C2C[C@@]1(C)C=O. The van der Waals surface area contributed by atoms with Crippen LogP contribution in [0, 0.1) is 28.1 Å². The number of esters is 1. The second-order valence-corrected chi connectivity index (χ2v) is 8.41. The molecule has 0 bridgehead atoms. The summed E-state index contributed by atoms with van der Waals surface area (Å²) in [6.07, 6.45) is 6.63. The minimum absolute atomic E-state index is 0.192. The standard InChI is InChI=1S/C18H30O3/c1-13(20)21-10-7-14-17(4,12-19)11-15-16(2,3)8-6-9-18(14,15)5/h12,14-15H,6-11H2,1-5H3/t14-,15?,17+,18-/m1/s1. The van der Waals surface area contributed by atoms with Crippen molar-refractivity contribution >= 4 is 12.3 Å². The third-order valence-corrected chi connectivity index (χ3v) is 6.49. The van der Waals surface area contributed by atoms with Crippen LogP contribution in [-0.2, 0) is 14.3 Å². The maximum Gasteiger partial charge on any atom is 0.302 e. The molecule has 21 heavy (non-hydrogen) atoms. The molecule has 0 aromatic carbocycles.